The van der Waals surface area contributed by atoms with Crippen molar-refractivity contribution >= 4 is 9.17 Å². The Morgan fingerprint density at radius 3 is 2.33 bits per heavy atom. The van der Waals surface area contributed by atoms with Gasteiger partial charge in [-0.1, -0.05) is 0 Å². The van der Waals surface area contributed by atoms with Crippen molar-refractivity contribution < 1.29 is 18.7 Å². The molecule has 0 fully saturated rings. The summed E-state index contributed by atoms with van der Waals surface area (Å²) in [5.41, 5.74) is 0. The molecule has 0 saturated carbocycles. The maximum Gasteiger partial charge on any atom is 0.798 e. The normalized spacial score (nSPS) is 7.50. The molecule has 0 aromatic rings. The molecule has 0 heterocycles. The molecule has 6 heavy (non-hydrogen) atoms. The van der Waals surface area contributed by atoms with Crippen molar-refractivity contribution in [2.75, 3.05) is 7.11 Å². The highest BCUT2D eigenvalue weighted by molar-refractivity contribution is 6.23. The summed E-state index contributed by atoms with van der Waals surface area (Å²) in [5.74, 6) is 0. The zero-order valence-corrected chi connectivity index (χ0v) is 4.17. The maximum atomic E-state index is 9.44. The molecule has 1 N–H and O–H groups in total. The molecule has 0 aromatic carbocycles. The minimum Gasteiger partial charge on any atom is -0.510 e. The van der Waals surface area contributed by atoms with Crippen LogP contribution in [0.3, 0.4) is 0 Å². The topological polar surface area (TPSA) is 55.8 Å². The van der Waals surface area contributed by atoms with Crippen molar-refractivity contribution in [1.29, 1.82) is 0 Å². The molecule has 0 spiro atoms. The lowest BCUT2D eigenvalue weighted by molar-refractivity contribution is -0.199. The Balaban J connectivity index is 2.83. The zero-order chi connectivity index (χ0) is 4.99. The molecule has 4 nitrogen and oxygen atoms in total. The fourth-order valence-corrected chi connectivity index (χ4v) is 0.214. The summed E-state index contributed by atoms with van der Waals surface area (Å²) in [6.45, 7) is 0. The largest absolute Gasteiger partial charge is 0.798 e. The zero-order valence-electron chi connectivity index (χ0n) is 3.17. The molecule has 0 aliphatic heterocycles. The van der Waals surface area contributed by atoms with Gasteiger partial charge in [0.1, 0.15) is 0 Å². The molecular weight excluding hydrogens is 104 g/mol. The van der Waals surface area contributed by atoms with Crippen LogP contribution >= 0.6 is 0 Å². The van der Waals surface area contributed by atoms with Crippen molar-refractivity contribution in [2.24, 2.45) is 0 Å². The lowest BCUT2D eigenvalue weighted by atomic mass is 11.8. The third-order valence-electron chi connectivity index (χ3n) is 0.155. The Kier molecular flexibility index (Phi) is 2.60. The third-order valence-corrected chi connectivity index (χ3v) is 0.464. The maximum absolute atomic E-state index is 9.44. The molecular formula is CH4O4Si. The smallest absolute Gasteiger partial charge is 0.510 e. The van der Waals surface area contributed by atoms with Crippen LogP contribution in [0.15, 0.2) is 0 Å². The lowest BCUT2D eigenvalue weighted by Gasteiger charge is -1.85. The van der Waals surface area contributed by atoms with E-state index in [2.05, 4.69) is 9.46 Å². The minimum absolute atomic E-state index is 1.17. The quantitative estimate of drug-likeness (QED) is 0.279. The summed E-state index contributed by atoms with van der Waals surface area (Å²) >= 11 is 0. The first-order chi connectivity index (χ1) is 2.77. The minimum atomic E-state index is -2.86. The van der Waals surface area contributed by atoms with E-state index in [0.717, 1.165) is 0 Å². The van der Waals surface area contributed by atoms with Crippen LogP contribution in [-0.2, 0) is 13.9 Å². The van der Waals surface area contributed by atoms with Crippen LogP contribution < -0.4 is 0 Å². The van der Waals surface area contributed by atoms with E-state index in [9.17, 15) is 4.46 Å². The van der Waals surface area contributed by atoms with E-state index < -0.39 is 9.17 Å². The molecule has 36 valence electrons. The first kappa shape index (κ1) is 5.58. The SMILES string of the molecule is COO[Si](=O)O. The predicted octanol–water partition coefficient (Wildman–Crippen LogP) is -1.03. The molecule has 0 atom stereocenters. The summed E-state index contributed by atoms with van der Waals surface area (Å²) < 4.78 is 13.1. The second-order valence-electron chi connectivity index (χ2n) is 0.516. The molecule has 0 aliphatic rings. The van der Waals surface area contributed by atoms with E-state index in [1.807, 2.05) is 0 Å². The van der Waals surface area contributed by atoms with Gasteiger partial charge in [-0.3, -0.25) is 4.46 Å². The summed E-state index contributed by atoms with van der Waals surface area (Å²) in [5, 5.41) is 0. The second kappa shape index (κ2) is 2.80. The molecule has 0 rings (SSSR count). The van der Waals surface area contributed by atoms with Gasteiger partial charge in [0.05, 0.1) is 7.11 Å². The average Bonchev–Trinajstić information content (AvgIpc) is 1.35. The van der Waals surface area contributed by atoms with E-state index in [4.69, 9.17) is 4.80 Å². The fourth-order valence-electron chi connectivity index (χ4n) is 0.0713. The van der Waals surface area contributed by atoms with Crippen LogP contribution in [0.25, 0.3) is 0 Å². The second-order valence-corrected chi connectivity index (χ2v) is 1.21. The van der Waals surface area contributed by atoms with Crippen LogP contribution in [0.2, 0.25) is 0 Å². The summed E-state index contributed by atoms with van der Waals surface area (Å²) in [4.78, 5) is 11.5. The molecule has 0 radical (unpaired) electrons. The number of hydrogen-bond acceptors (Lipinski definition) is 3. The first-order valence-corrected chi connectivity index (χ1v) is 2.47. The van der Waals surface area contributed by atoms with E-state index in [1.54, 1.807) is 0 Å². The first-order valence-electron chi connectivity index (χ1n) is 1.21. The van der Waals surface area contributed by atoms with Gasteiger partial charge in [0.25, 0.3) is 0 Å². The van der Waals surface area contributed by atoms with E-state index in [-0.39, 0.29) is 0 Å². The molecule has 5 heteroatoms. The van der Waals surface area contributed by atoms with E-state index in [1.165, 1.54) is 7.11 Å². The standard InChI is InChI=1S/CH4O4Si/c1-4-5-6(2)3/h2H,1H3. The highest BCUT2D eigenvalue weighted by Gasteiger charge is 2.00. The van der Waals surface area contributed by atoms with Crippen LogP contribution in [0.4, 0.5) is 0 Å². The van der Waals surface area contributed by atoms with Crippen molar-refractivity contribution in [3.8, 4) is 0 Å². The molecule has 0 bridgehead atoms. The Hall–Kier alpha value is -0.423. The van der Waals surface area contributed by atoms with Crippen molar-refractivity contribution in [2.45, 2.75) is 0 Å². The highest BCUT2D eigenvalue weighted by atomic mass is 28.3. The van der Waals surface area contributed by atoms with Crippen molar-refractivity contribution in [3.63, 3.8) is 0 Å². The van der Waals surface area contributed by atoms with Crippen LogP contribution in [0.1, 0.15) is 0 Å². The van der Waals surface area contributed by atoms with E-state index >= 15 is 0 Å². The summed E-state index contributed by atoms with van der Waals surface area (Å²) in [6, 6.07) is 0. The van der Waals surface area contributed by atoms with Crippen LogP contribution in [-0.4, -0.2) is 21.1 Å². The van der Waals surface area contributed by atoms with Gasteiger partial charge in [0, 0.05) is 0 Å². The van der Waals surface area contributed by atoms with Gasteiger partial charge in [-0.2, -0.15) is 0 Å². The third kappa shape index (κ3) is 3.58. The molecule has 0 aliphatic carbocycles. The molecule has 0 aromatic heterocycles. The van der Waals surface area contributed by atoms with Gasteiger partial charge in [0.2, 0.25) is 0 Å². The molecule has 0 saturated heterocycles. The van der Waals surface area contributed by atoms with Gasteiger partial charge in [0.15, 0.2) is 0 Å². The van der Waals surface area contributed by atoms with Gasteiger partial charge in [-0.05, 0) is 0 Å². The lowest BCUT2D eigenvalue weighted by Crippen LogP contribution is -2.02. The van der Waals surface area contributed by atoms with Crippen LogP contribution in [0.5, 0.6) is 0 Å². The van der Waals surface area contributed by atoms with Crippen molar-refractivity contribution in [1.82, 2.24) is 0 Å². The van der Waals surface area contributed by atoms with E-state index in [0.29, 0.717) is 0 Å². The monoisotopic (exact) mass is 108 g/mol. The Morgan fingerprint density at radius 2 is 2.33 bits per heavy atom. The van der Waals surface area contributed by atoms with Gasteiger partial charge in [-0.15, -0.1) is 0 Å². The average molecular weight is 108 g/mol. The Morgan fingerprint density at radius 1 is 1.83 bits per heavy atom. The number of rotatable bonds is 2. The Labute approximate surface area is 36.1 Å². The highest BCUT2D eigenvalue weighted by Crippen LogP contribution is 1.63. The molecule has 0 unspecified atom stereocenters. The molecule has 0 amide bonds. The predicted molar refractivity (Wildman–Crippen MR) is 16.8 cm³/mol. The van der Waals surface area contributed by atoms with Gasteiger partial charge >= 0.3 is 9.17 Å². The van der Waals surface area contributed by atoms with Gasteiger partial charge < -0.3 is 9.37 Å². The fraction of sp³-hybridized carbons (Fsp3) is 1.00. The summed E-state index contributed by atoms with van der Waals surface area (Å²) in [6.07, 6.45) is 0. The van der Waals surface area contributed by atoms with Gasteiger partial charge in [-0.25, -0.2) is 4.89 Å². The summed E-state index contributed by atoms with van der Waals surface area (Å²) in [7, 11) is -1.69. The van der Waals surface area contributed by atoms with Crippen LogP contribution in [0, 0.1) is 0 Å². The Bertz CT molecular complexity index is 51.5. The van der Waals surface area contributed by atoms with Crippen molar-refractivity contribution in [3.05, 3.63) is 0 Å². The number of hydrogen-bond donors (Lipinski definition) is 1.